The minimum atomic E-state index is -0.856. The van der Waals surface area contributed by atoms with Crippen molar-refractivity contribution in [3.8, 4) is 0 Å². The summed E-state index contributed by atoms with van der Waals surface area (Å²) >= 11 is 0. The minimum Gasteiger partial charge on any atom is -0.481 e. The molecule has 94 valence electrons. The second kappa shape index (κ2) is 6.03. The first-order valence-corrected chi connectivity index (χ1v) is 5.43. The standard InChI is InChI=1S/C11H17N3O3/c1-8(15)13-9(3-4-11(16)17)5-10-6-12-7-14(10)2/h6-7,9H,3-5H2,1-2H3,(H,13,15)(H,16,17). The van der Waals surface area contributed by atoms with Crippen molar-refractivity contribution in [3.05, 3.63) is 18.2 Å². The van der Waals surface area contributed by atoms with Gasteiger partial charge in [-0.2, -0.15) is 0 Å². The molecule has 1 amide bonds. The Kier molecular flexibility index (Phi) is 4.68. The largest absolute Gasteiger partial charge is 0.481 e. The van der Waals surface area contributed by atoms with Gasteiger partial charge in [0.1, 0.15) is 0 Å². The molecule has 1 heterocycles. The van der Waals surface area contributed by atoms with E-state index in [2.05, 4.69) is 10.3 Å². The van der Waals surface area contributed by atoms with Crippen LogP contribution in [-0.4, -0.2) is 32.6 Å². The molecule has 0 aliphatic carbocycles. The normalized spacial score (nSPS) is 12.1. The molecule has 0 spiro atoms. The third-order valence-corrected chi connectivity index (χ3v) is 2.49. The van der Waals surface area contributed by atoms with Gasteiger partial charge >= 0.3 is 5.97 Å². The summed E-state index contributed by atoms with van der Waals surface area (Å²) in [5, 5.41) is 11.4. The van der Waals surface area contributed by atoms with Crippen molar-refractivity contribution in [1.82, 2.24) is 14.9 Å². The fourth-order valence-electron chi connectivity index (χ4n) is 1.64. The fraction of sp³-hybridized carbons (Fsp3) is 0.545. The Hall–Kier alpha value is -1.85. The van der Waals surface area contributed by atoms with E-state index in [4.69, 9.17) is 5.11 Å². The number of carbonyl (C=O) groups excluding carboxylic acids is 1. The van der Waals surface area contributed by atoms with Crippen molar-refractivity contribution in [2.45, 2.75) is 32.2 Å². The molecule has 1 rings (SSSR count). The van der Waals surface area contributed by atoms with Gasteiger partial charge in [-0.1, -0.05) is 0 Å². The molecule has 0 aliphatic rings. The number of carboxylic acid groups (broad SMARTS) is 1. The van der Waals surface area contributed by atoms with Crippen LogP contribution in [0.1, 0.15) is 25.5 Å². The highest BCUT2D eigenvalue weighted by molar-refractivity contribution is 5.73. The van der Waals surface area contributed by atoms with Gasteiger partial charge in [0.25, 0.3) is 0 Å². The molecule has 6 nitrogen and oxygen atoms in total. The van der Waals surface area contributed by atoms with Gasteiger partial charge in [0.15, 0.2) is 0 Å². The molecule has 1 unspecified atom stereocenters. The van der Waals surface area contributed by atoms with Crippen molar-refractivity contribution >= 4 is 11.9 Å². The van der Waals surface area contributed by atoms with E-state index in [0.29, 0.717) is 12.8 Å². The molecular formula is C11H17N3O3. The Morgan fingerprint density at radius 2 is 2.29 bits per heavy atom. The van der Waals surface area contributed by atoms with Gasteiger partial charge in [0, 0.05) is 44.7 Å². The molecular weight excluding hydrogens is 222 g/mol. The van der Waals surface area contributed by atoms with E-state index in [-0.39, 0.29) is 18.4 Å². The number of amides is 1. The first-order chi connectivity index (χ1) is 7.99. The Morgan fingerprint density at radius 1 is 1.59 bits per heavy atom. The van der Waals surface area contributed by atoms with Crippen LogP contribution in [0.25, 0.3) is 0 Å². The molecule has 0 fully saturated rings. The number of nitrogens with one attached hydrogen (secondary N) is 1. The number of aryl methyl sites for hydroxylation is 1. The monoisotopic (exact) mass is 239 g/mol. The SMILES string of the molecule is CC(=O)NC(CCC(=O)O)Cc1cncn1C. The number of hydrogen-bond acceptors (Lipinski definition) is 3. The predicted molar refractivity (Wildman–Crippen MR) is 61.4 cm³/mol. The second-order valence-electron chi connectivity index (χ2n) is 4.03. The molecule has 17 heavy (non-hydrogen) atoms. The zero-order chi connectivity index (χ0) is 12.8. The lowest BCUT2D eigenvalue weighted by molar-refractivity contribution is -0.137. The average Bonchev–Trinajstić information content (AvgIpc) is 2.60. The lowest BCUT2D eigenvalue weighted by Crippen LogP contribution is -2.35. The van der Waals surface area contributed by atoms with E-state index in [1.807, 2.05) is 11.6 Å². The number of rotatable bonds is 6. The number of carbonyl (C=O) groups is 2. The number of imidazole rings is 1. The van der Waals surface area contributed by atoms with Crippen LogP contribution in [0.4, 0.5) is 0 Å². The number of aromatic nitrogens is 2. The highest BCUT2D eigenvalue weighted by Gasteiger charge is 2.14. The van der Waals surface area contributed by atoms with Gasteiger partial charge in [-0.05, 0) is 6.42 Å². The van der Waals surface area contributed by atoms with Gasteiger partial charge in [-0.15, -0.1) is 0 Å². The fourth-order valence-corrected chi connectivity index (χ4v) is 1.64. The zero-order valence-corrected chi connectivity index (χ0v) is 10.0. The number of hydrogen-bond donors (Lipinski definition) is 2. The van der Waals surface area contributed by atoms with Crippen LogP contribution >= 0.6 is 0 Å². The highest BCUT2D eigenvalue weighted by atomic mass is 16.4. The topological polar surface area (TPSA) is 84.2 Å². The lowest BCUT2D eigenvalue weighted by atomic mass is 10.1. The summed E-state index contributed by atoms with van der Waals surface area (Å²) in [5.41, 5.74) is 0.967. The van der Waals surface area contributed by atoms with Gasteiger partial charge in [-0.3, -0.25) is 9.59 Å². The van der Waals surface area contributed by atoms with Crippen LogP contribution in [-0.2, 0) is 23.1 Å². The zero-order valence-electron chi connectivity index (χ0n) is 10.0. The van der Waals surface area contributed by atoms with E-state index < -0.39 is 5.97 Å². The summed E-state index contributed by atoms with van der Waals surface area (Å²) in [6, 6.07) is -0.168. The molecule has 0 aliphatic heterocycles. The quantitative estimate of drug-likeness (QED) is 0.749. The first-order valence-electron chi connectivity index (χ1n) is 5.43. The molecule has 0 bridgehead atoms. The van der Waals surface area contributed by atoms with E-state index in [9.17, 15) is 9.59 Å². The van der Waals surface area contributed by atoms with Crippen LogP contribution in [0, 0.1) is 0 Å². The van der Waals surface area contributed by atoms with Crippen molar-refractivity contribution in [1.29, 1.82) is 0 Å². The molecule has 2 N–H and O–H groups in total. The maximum atomic E-state index is 11.0. The van der Waals surface area contributed by atoms with Crippen molar-refractivity contribution in [2.24, 2.45) is 7.05 Å². The molecule has 1 aromatic rings. The smallest absolute Gasteiger partial charge is 0.303 e. The van der Waals surface area contributed by atoms with E-state index in [0.717, 1.165) is 5.69 Å². The third kappa shape index (κ3) is 4.67. The maximum absolute atomic E-state index is 11.0. The van der Waals surface area contributed by atoms with Gasteiger partial charge < -0.3 is 15.0 Å². The molecule has 1 atom stereocenters. The molecule has 6 heteroatoms. The summed E-state index contributed by atoms with van der Waals surface area (Å²) in [6.07, 6.45) is 4.44. The Bertz CT molecular complexity index is 400. The van der Waals surface area contributed by atoms with Crippen molar-refractivity contribution < 1.29 is 14.7 Å². The summed E-state index contributed by atoms with van der Waals surface area (Å²) in [5.74, 6) is -1.01. The molecule has 1 aromatic heterocycles. The van der Waals surface area contributed by atoms with E-state index >= 15 is 0 Å². The summed E-state index contributed by atoms with van der Waals surface area (Å²) in [6.45, 7) is 1.43. The van der Waals surface area contributed by atoms with Gasteiger partial charge in [-0.25, -0.2) is 4.98 Å². The van der Waals surface area contributed by atoms with Crippen LogP contribution in [0.15, 0.2) is 12.5 Å². The maximum Gasteiger partial charge on any atom is 0.303 e. The van der Waals surface area contributed by atoms with E-state index in [1.165, 1.54) is 6.92 Å². The van der Waals surface area contributed by atoms with Gasteiger partial charge in [0.2, 0.25) is 5.91 Å². The Labute approximate surface area is 99.7 Å². The predicted octanol–water partition coefficient (Wildman–Crippen LogP) is 0.332. The first kappa shape index (κ1) is 13.2. The number of aliphatic carboxylic acids is 1. The average molecular weight is 239 g/mol. The van der Waals surface area contributed by atoms with Crippen LogP contribution in [0.3, 0.4) is 0 Å². The molecule has 0 saturated carbocycles. The van der Waals surface area contributed by atoms with Crippen LogP contribution in [0.5, 0.6) is 0 Å². The van der Waals surface area contributed by atoms with Gasteiger partial charge in [0.05, 0.1) is 6.33 Å². The number of carboxylic acids is 1. The lowest BCUT2D eigenvalue weighted by Gasteiger charge is -2.17. The summed E-state index contributed by atoms with van der Waals surface area (Å²) < 4.78 is 1.86. The molecule has 0 radical (unpaired) electrons. The highest BCUT2D eigenvalue weighted by Crippen LogP contribution is 2.07. The molecule has 0 aromatic carbocycles. The second-order valence-corrected chi connectivity index (χ2v) is 4.03. The van der Waals surface area contributed by atoms with E-state index in [1.54, 1.807) is 12.5 Å². The van der Waals surface area contributed by atoms with Crippen molar-refractivity contribution in [2.75, 3.05) is 0 Å². The summed E-state index contributed by atoms with van der Waals surface area (Å²) in [4.78, 5) is 25.5. The van der Waals surface area contributed by atoms with Crippen LogP contribution in [0.2, 0.25) is 0 Å². The Balaban J connectivity index is 2.59. The Morgan fingerprint density at radius 3 is 2.76 bits per heavy atom. The van der Waals surface area contributed by atoms with Crippen LogP contribution < -0.4 is 5.32 Å². The minimum absolute atomic E-state index is 0.0444. The number of nitrogens with zero attached hydrogens (tertiary/aromatic N) is 2. The third-order valence-electron chi connectivity index (χ3n) is 2.49. The van der Waals surface area contributed by atoms with Crippen molar-refractivity contribution in [3.63, 3.8) is 0 Å². The molecule has 0 saturated heterocycles. The summed E-state index contributed by atoms with van der Waals surface area (Å²) in [7, 11) is 1.87.